The van der Waals surface area contributed by atoms with Gasteiger partial charge in [-0.3, -0.25) is 34.4 Å². The zero-order valence-corrected chi connectivity index (χ0v) is 15.2. The summed E-state index contributed by atoms with van der Waals surface area (Å²) in [6.07, 6.45) is 1.65. The van der Waals surface area contributed by atoms with Crippen LogP contribution in [0, 0.1) is 17.0 Å². The number of pyridine rings is 1. The summed E-state index contributed by atoms with van der Waals surface area (Å²) in [5.74, 6) is -2.20. The van der Waals surface area contributed by atoms with E-state index in [9.17, 15) is 24.5 Å². The van der Waals surface area contributed by atoms with Crippen LogP contribution in [0.5, 0.6) is 0 Å². The van der Waals surface area contributed by atoms with Gasteiger partial charge in [0, 0.05) is 17.6 Å². The summed E-state index contributed by atoms with van der Waals surface area (Å²) < 4.78 is 0. The molecule has 0 radical (unpaired) electrons. The number of carbonyl (C=O) groups excluding carboxylic acids is 3. The number of carbonyl (C=O) groups is 3. The molecule has 1 aliphatic rings. The number of nitro groups is 1. The number of amides is 3. The van der Waals surface area contributed by atoms with Gasteiger partial charge in [-0.1, -0.05) is 12.1 Å². The quantitative estimate of drug-likeness (QED) is 0.415. The molecule has 1 aliphatic heterocycles. The Morgan fingerprint density at radius 3 is 2.69 bits per heavy atom. The van der Waals surface area contributed by atoms with Crippen LogP contribution in [-0.4, -0.2) is 39.1 Å². The van der Waals surface area contributed by atoms with E-state index in [4.69, 9.17) is 0 Å². The van der Waals surface area contributed by atoms with Gasteiger partial charge in [-0.2, -0.15) is 0 Å². The molecule has 144 valence electrons. The number of hydrogen-bond acceptors (Lipinski definition) is 6. The number of anilines is 1. The zero-order valence-electron chi connectivity index (χ0n) is 15.2. The molecule has 0 fully saturated rings. The van der Waals surface area contributed by atoms with E-state index in [1.165, 1.54) is 12.1 Å². The van der Waals surface area contributed by atoms with Crippen LogP contribution in [0.15, 0.2) is 48.7 Å². The highest BCUT2D eigenvalue weighted by Crippen LogP contribution is 2.31. The Hall–Kier alpha value is -4.14. The summed E-state index contributed by atoms with van der Waals surface area (Å²) in [6, 6.07) is 10.9. The maximum Gasteiger partial charge on any atom is 0.282 e. The highest BCUT2D eigenvalue weighted by Gasteiger charge is 2.41. The average molecular weight is 390 g/mol. The zero-order chi connectivity index (χ0) is 20.7. The average Bonchev–Trinajstić information content (AvgIpc) is 2.95. The summed E-state index contributed by atoms with van der Waals surface area (Å²) in [5, 5.41) is 14.6. The number of nitrogens with one attached hydrogen (secondary N) is 1. The van der Waals surface area contributed by atoms with Crippen molar-refractivity contribution in [2.24, 2.45) is 0 Å². The van der Waals surface area contributed by atoms with E-state index in [2.05, 4.69) is 10.3 Å². The predicted octanol–water partition coefficient (Wildman–Crippen LogP) is 2.69. The number of aryl methyl sites for hydroxylation is 1. The molecule has 3 aromatic rings. The molecule has 9 nitrogen and oxygen atoms in total. The summed E-state index contributed by atoms with van der Waals surface area (Å²) in [6.45, 7) is 1.34. The fraction of sp³-hybridized carbons (Fsp3) is 0.100. The molecule has 0 saturated heterocycles. The lowest BCUT2D eigenvalue weighted by molar-refractivity contribution is -0.385. The second-order valence-corrected chi connectivity index (χ2v) is 6.53. The summed E-state index contributed by atoms with van der Waals surface area (Å²) in [5.41, 5.74) is 1.32. The van der Waals surface area contributed by atoms with Crippen molar-refractivity contribution in [1.82, 2.24) is 9.88 Å². The third-order valence-corrected chi connectivity index (χ3v) is 4.72. The lowest BCUT2D eigenvalue weighted by atomic mass is 10.1. The van der Waals surface area contributed by atoms with Crippen molar-refractivity contribution in [3.63, 3.8) is 0 Å². The first kappa shape index (κ1) is 18.2. The molecule has 4 rings (SSSR count). The highest BCUT2D eigenvalue weighted by atomic mass is 16.6. The van der Waals surface area contributed by atoms with Crippen LogP contribution < -0.4 is 5.32 Å². The Kier molecular flexibility index (Phi) is 4.27. The second-order valence-electron chi connectivity index (χ2n) is 6.53. The van der Waals surface area contributed by atoms with Gasteiger partial charge in [0.15, 0.2) is 0 Å². The lowest BCUT2D eigenvalue weighted by Gasteiger charge is -2.15. The van der Waals surface area contributed by atoms with E-state index in [0.717, 1.165) is 22.5 Å². The molecule has 3 amide bonds. The molecule has 0 saturated carbocycles. The van der Waals surface area contributed by atoms with Crippen LogP contribution in [0.3, 0.4) is 0 Å². The first-order chi connectivity index (χ1) is 13.9. The van der Waals surface area contributed by atoms with E-state index < -0.39 is 34.9 Å². The Balaban J connectivity index is 1.60. The van der Waals surface area contributed by atoms with Gasteiger partial charge in [0.2, 0.25) is 5.91 Å². The number of imide groups is 1. The van der Waals surface area contributed by atoms with Gasteiger partial charge in [0.05, 0.1) is 21.7 Å². The molecule has 0 aliphatic carbocycles. The highest BCUT2D eigenvalue weighted by molar-refractivity contribution is 6.24. The summed E-state index contributed by atoms with van der Waals surface area (Å²) in [4.78, 5) is 53.1. The Morgan fingerprint density at radius 2 is 1.93 bits per heavy atom. The Bertz CT molecular complexity index is 1220. The van der Waals surface area contributed by atoms with Crippen molar-refractivity contribution in [1.29, 1.82) is 0 Å². The van der Waals surface area contributed by atoms with Crippen LogP contribution in [0.25, 0.3) is 10.9 Å². The van der Waals surface area contributed by atoms with E-state index in [-0.39, 0.29) is 11.1 Å². The molecule has 0 unspecified atom stereocenters. The maximum atomic E-state index is 12.6. The van der Waals surface area contributed by atoms with Crippen LogP contribution >= 0.6 is 0 Å². The van der Waals surface area contributed by atoms with E-state index in [0.29, 0.717) is 10.6 Å². The number of hydrogen-bond donors (Lipinski definition) is 1. The molecule has 1 N–H and O–H groups in total. The number of nitro benzene ring substituents is 1. The molecule has 0 atom stereocenters. The third kappa shape index (κ3) is 2.98. The van der Waals surface area contributed by atoms with Gasteiger partial charge < -0.3 is 5.32 Å². The number of nitrogens with zero attached hydrogens (tertiary/aromatic N) is 3. The molecule has 9 heteroatoms. The van der Waals surface area contributed by atoms with Crippen molar-refractivity contribution >= 4 is 40.0 Å². The van der Waals surface area contributed by atoms with Crippen molar-refractivity contribution in [2.45, 2.75) is 6.92 Å². The fourth-order valence-corrected chi connectivity index (χ4v) is 3.37. The van der Waals surface area contributed by atoms with Gasteiger partial charge >= 0.3 is 0 Å². The van der Waals surface area contributed by atoms with Gasteiger partial charge in [-0.05, 0) is 36.8 Å². The van der Waals surface area contributed by atoms with Crippen LogP contribution in [0.1, 0.15) is 26.3 Å². The van der Waals surface area contributed by atoms with Gasteiger partial charge in [0.25, 0.3) is 17.5 Å². The molecule has 1 aromatic heterocycles. The molecule has 0 bridgehead atoms. The fourth-order valence-electron chi connectivity index (χ4n) is 3.37. The summed E-state index contributed by atoms with van der Waals surface area (Å²) >= 11 is 0. The smallest absolute Gasteiger partial charge is 0.282 e. The molecular weight excluding hydrogens is 376 g/mol. The van der Waals surface area contributed by atoms with Crippen molar-refractivity contribution in [2.75, 3.05) is 11.9 Å². The van der Waals surface area contributed by atoms with Crippen LogP contribution in [0.2, 0.25) is 0 Å². The maximum absolute atomic E-state index is 12.6. The Morgan fingerprint density at radius 1 is 1.14 bits per heavy atom. The van der Waals surface area contributed by atoms with Crippen molar-refractivity contribution < 1.29 is 19.3 Å². The normalized spacial score (nSPS) is 12.9. The summed E-state index contributed by atoms with van der Waals surface area (Å²) in [7, 11) is 0. The van der Waals surface area contributed by atoms with E-state index in [1.807, 2.05) is 6.92 Å². The predicted molar refractivity (Wildman–Crippen MR) is 104 cm³/mol. The third-order valence-electron chi connectivity index (χ3n) is 4.72. The number of aromatic nitrogens is 1. The largest absolute Gasteiger partial charge is 0.324 e. The lowest BCUT2D eigenvalue weighted by Crippen LogP contribution is -2.37. The minimum Gasteiger partial charge on any atom is -0.324 e. The number of rotatable bonds is 4. The molecule has 0 spiro atoms. The number of benzene rings is 2. The molecule has 2 heterocycles. The van der Waals surface area contributed by atoms with Gasteiger partial charge in [-0.15, -0.1) is 0 Å². The van der Waals surface area contributed by atoms with Crippen LogP contribution in [0.4, 0.5) is 11.4 Å². The minimum absolute atomic E-state index is 0.0815. The van der Waals surface area contributed by atoms with Crippen molar-refractivity contribution in [3.05, 3.63) is 75.5 Å². The second kappa shape index (κ2) is 6.79. The van der Waals surface area contributed by atoms with E-state index >= 15 is 0 Å². The van der Waals surface area contributed by atoms with Gasteiger partial charge in [0.1, 0.15) is 12.1 Å². The first-order valence-electron chi connectivity index (χ1n) is 8.66. The topological polar surface area (TPSA) is 123 Å². The molecule has 2 aromatic carbocycles. The SMILES string of the molecule is Cc1ccc(NC(=O)CN2C(=O)c3cccc([N+](=O)[O-])c3C2=O)c2cccnc12. The monoisotopic (exact) mass is 390 g/mol. The number of fused-ring (bicyclic) bond motifs is 2. The van der Waals surface area contributed by atoms with Gasteiger partial charge in [-0.25, -0.2) is 0 Å². The van der Waals surface area contributed by atoms with E-state index in [1.54, 1.807) is 30.5 Å². The standard InChI is InChI=1S/C20H14N4O5/c1-11-7-8-14(12-5-3-9-21-18(11)12)22-16(25)10-23-19(26)13-4-2-6-15(24(28)29)17(13)20(23)27/h2-9H,10H2,1H3,(H,22,25). The van der Waals surface area contributed by atoms with Crippen LogP contribution in [-0.2, 0) is 4.79 Å². The molecule has 29 heavy (non-hydrogen) atoms. The Labute approximate surface area is 164 Å². The minimum atomic E-state index is -0.858. The van der Waals surface area contributed by atoms with Crippen molar-refractivity contribution in [3.8, 4) is 0 Å². The first-order valence-corrected chi connectivity index (χ1v) is 8.66. The molecular formula is C20H14N4O5.